The summed E-state index contributed by atoms with van der Waals surface area (Å²) in [6, 6.07) is 4.94. The number of fused-ring (bicyclic) bond motifs is 1. The third-order valence-electron chi connectivity index (χ3n) is 2.45. The van der Waals surface area contributed by atoms with E-state index in [-0.39, 0.29) is 0 Å². The first kappa shape index (κ1) is 13.2. The molecule has 100 valence electrons. The van der Waals surface area contributed by atoms with Crippen molar-refractivity contribution in [1.82, 2.24) is 19.9 Å². The lowest BCUT2D eigenvalue weighted by molar-refractivity contribution is 1.13. The highest BCUT2D eigenvalue weighted by Crippen LogP contribution is 2.29. The first-order valence-electron chi connectivity index (χ1n) is 5.44. The van der Waals surface area contributed by atoms with Crippen molar-refractivity contribution in [1.29, 1.82) is 0 Å². The molecule has 6 nitrogen and oxygen atoms in total. The van der Waals surface area contributed by atoms with E-state index in [0.717, 1.165) is 0 Å². The number of nitrogens with one attached hydrogen (secondary N) is 2. The highest BCUT2D eigenvalue weighted by molar-refractivity contribution is 7.71. The quantitative estimate of drug-likeness (QED) is 0.527. The molecular weight excluding hydrogens is 319 g/mol. The fourth-order valence-electron chi connectivity index (χ4n) is 1.55. The van der Waals surface area contributed by atoms with Crippen LogP contribution in [0.25, 0.3) is 11.2 Å². The summed E-state index contributed by atoms with van der Waals surface area (Å²) in [5.74, 6) is 0.298. The second-order valence-corrected chi connectivity index (χ2v) is 5.02. The van der Waals surface area contributed by atoms with Crippen molar-refractivity contribution in [2.45, 2.75) is 0 Å². The Morgan fingerprint density at radius 3 is 2.85 bits per heavy atom. The van der Waals surface area contributed by atoms with Gasteiger partial charge in [-0.3, -0.25) is 0 Å². The van der Waals surface area contributed by atoms with Crippen LogP contribution >= 0.6 is 35.4 Å². The smallest absolute Gasteiger partial charge is 0.249 e. The van der Waals surface area contributed by atoms with Gasteiger partial charge in [0.05, 0.1) is 11.3 Å². The number of H-pyrrole nitrogens is 2. The summed E-state index contributed by atoms with van der Waals surface area (Å²) in [6.07, 6.45) is 1.47. The second-order valence-electron chi connectivity index (χ2n) is 3.79. The number of benzene rings is 1. The Morgan fingerprint density at radius 1 is 1.20 bits per heavy atom. The van der Waals surface area contributed by atoms with Crippen molar-refractivity contribution in [3.05, 3.63) is 39.2 Å². The molecule has 9 heteroatoms. The van der Waals surface area contributed by atoms with Gasteiger partial charge in [-0.05, 0) is 18.2 Å². The zero-order valence-corrected chi connectivity index (χ0v) is 12.1. The maximum Gasteiger partial charge on any atom is 0.249 e. The zero-order chi connectivity index (χ0) is 14.1. The number of rotatable bonds is 2. The number of azo groups is 1. The van der Waals surface area contributed by atoms with Gasteiger partial charge >= 0.3 is 0 Å². The van der Waals surface area contributed by atoms with E-state index >= 15 is 0 Å². The topological polar surface area (TPSA) is 82.1 Å². The molecule has 0 fully saturated rings. The number of hydrogen-bond donors (Lipinski definition) is 2. The maximum absolute atomic E-state index is 5.99. The summed E-state index contributed by atoms with van der Waals surface area (Å²) in [6.45, 7) is 0. The van der Waals surface area contributed by atoms with E-state index in [4.69, 9.17) is 35.4 Å². The van der Waals surface area contributed by atoms with E-state index in [0.29, 0.717) is 37.5 Å². The number of aromatic amines is 2. The molecule has 2 heterocycles. The molecule has 0 bridgehead atoms. The van der Waals surface area contributed by atoms with Crippen LogP contribution < -0.4 is 0 Å². The van der Waals surface area contributed by atoms with Gasteiger partial charge in [0.1, 0.15) is 11.2 Å². The summed E-state index contributed by atoms with van der Waals surface area (Å²) in [4.78, 5) is 13.9. The Kier molecular flexibility index (Phi) is 3.47. The Morgan fingerprint density at radius 2 is 2.05 bits per heavy atom. The molecule has 2 N–H and O–H groups in total. The van der Waals surface area contributed by atoms with Crippen LogP contribution in [0.2, 0.25) is 10.0 Å². The molecule has 2 aromatic heterocycles. The lowest BCUT2D eigenvalue weighted by atomic mass is 10.3. The molecule has 0 saturated heterocycles. The van der Waals surface area contributed by atoms with Crippen LogP contribution in [0.1, 0.15) is 0 Å². The van der Waals surface area contributed by atoms with E-state index in [1.807, 2.05) is 0 Å². The zero-order valence-electron chi connectivity index (χ0n) is 9.76. The van der Waals surface area contributed by atoms with Gasteiger partial charge in [-0.1, -0.05) is 35.4 Å². The van der Waals surface area contributed by atoms with Crippen molar-refractivity contribution >= 4 is 58.2 Å². The Balaban J connectivity index is 2.00. The number of aromatic nitrogens is 4. The third-order valence-corrected chi connectivity index (χ3v) is 3.31. The van der Waals surface area contributed by atoms with E-state index in [1.54, 1.807) is 18.2 Å². The lowest BCUT2D eigenvalue weighted by Gasteiger charge is -1.96. The van der Waals surface area contributed by atoms with Crippen LogP contribution in [0.5, 0.6) is 0 Å². The van der Waals surface area contributed by atoms with Gasteiger partial charge in [-0.2, -0.15) is 4.98 Å². The van der Waals surface area contributed by atoms with Gasteiger partial charge < -0.3 is 9.97 Å². The van der Waals surface area contributed by atoms with Crippen LogP contribution in [-0.4, -0.2) is 19.9 Å². The molecule has 0 atom stereocenters. The molecule has 0 aliphatic rings. The van der Waals surface area contributed by atoms with Crippen molar-refractivity contribution in [3.63, 3.8) is 0 Å². The SMILES string of the molecule is S=c1nc[nH]c2nc(N=Nc3cc(Cl)ccc3Cl)[nH]c12. The predicted octanol–water partition coefficient (Wildman–Crippen LogP) is 4.74. The summed E-state index contributed by atoms with van der Waals surface area (Å²) in [5.41, 5.74) is 1.63. The highest BCUT2D eigenvalue weighted by Gasteiger charge is 2.04. The van der Waals surface area contributed by atoms with Crippen LogP contribution in [0, 0.1) is 4.64 Å². The summed E-state index contributed by atoms with van der Waals surface area (Å²) in [5, 5.41) is 8.96. The Bertz CT molecular complexity index is 869. The average Bonchev–Trinajstić information content (AvgIpc) is 2.84. The highest BCUT2D eigenvalue weighted by atomic mass is 35.5. The molecular formula is C11H6Cl2N6S. The van der Waals surface area contributed by atoms with Gasteiger partial charge in [0.2, 0.25) is 5.95 Å². The minimum atomic E-state index is 0.298. The van der Waals surface area contributed by atoms with E-state index in [9.17, 15) is 0 Å². The van der Waals surface area contributed by atoms with Crippen molar-refractivity contribution in [3.8, 4) is 0 Å². The maximum atomic E-state index is 5.99. The molecule has 0 aliphatic carbocycles. The van der Waals surface area contributed by atoms with Crippen molar-refractivity contribution in [2.75, 3.05) is 0 Å². The normalized spacial score (nSPS) is 11.5. The van der Waals surface area contributed by atoms with Crippen molar-refractivity contribution < 1.29 is 0 Å². The monoisotopic (exact) mass is 324 g/mol. The Hall–Kier alpha value is -1.83. The van der Waals surface area contributed by atoms with E-state index in [2.05, 4.69) is 30.2 Å². The number of halogens is 2. The number of hydrogen-bond acceptors (Lipinski definition) is 5. The molecule has 0 radical (unpaired) electrons. The first-order chi connectivity index (χ1) is 9.63. The molecule has 0 amide bonds. The molecule has 0 unspecified atom stereocenters. The van der Waals surface area contributed by atoms with Crippen LogP contribution in [-0.2, 0) is 0 Å². The van der Waals surface area contributed by atoms with Gasteiger partial charge in [-0.15, -0.1) is 10.2 Å². The molecule has 3 rings (SSSR count). The standard InChI is InChI=1S/C11H6Cl2N6S/c12-5-1-2-6(13)7(3-5)18-19-11-16-8-9(17-11)14-4-15-10(8)20/h1-4H,(H2,14,15,16,17,20). The van der Waals surface area contributed by atoms with E-state index in [1.165, 1.54) is 6.33 Å². The van der Waals surface area contributed by atoms with Gasteiger partial charge in [-0.25, -0.2) is 4.98 Å². The van der Waals surface area contributed by atoms with Crippen LogP contribution in [0.15, 0.2) is 34.8 Å². The predicted molar refractivity (Wildman–Crippen MR) is 79.7 cm³/mol. The molecule has 3 aromatic rings. The molecule has 0 spiro atoms. The first-order valence-corrected chi connectivity index (χ1v) is 6.60. The summed E-state index contributed by atoms with van der Waals surface area (Å²) < 4.78 is 0.411. The molecule has 1 aromatic carbocycles. The third kappa shape index (κ3) is 2.55. The molecule has 0 aliphatic heterocycles. The van der Waals surface area contributed by atoms with Gasteiger partial charge in [0.25, 0.3) is 0 Å². The molecule has 20 heavy (non-hydrogen) atoms. The van der Waals surface area contributed by atoms with Crippen molar-refractivity contribution in [2.24, 2.45) is 10.2 Å². The fourth-order valence-corrected chi connectivity index (χ4v) is 2.07. The molecule has 0 saturated carbocycles. The van der Waals surface area contributed by atoms with Crippen LogP contribution in [0.4, 0.5) is 11.6 Å². The number of imidazole rings is 1. The Labute approximate surface area is 127 Å². The minimum Gasteiger partial charge on any atom is -0.329 e. The number of nitrogens with zero attached hydrogens (tertiary/aromatic N) is 4. The summed E-state index contributed by atoms with van der Waals surface area (Å²) in [7, 11) is 0. The largest absolute Gasteiger partial charge is 0.329 e. The summed E-state index contributed by atoms with van der Waals surface area (Å²) >= 11 is 16.9. The van der Waals surface area contributed by atoms with E-state index < -0.39 is 0 Å². The van der Waals surface area contributed by atoms with Gasteiger partial charge in [0, 0.05) is 5.02 Å². The van der Waals surface area contributed by atoms with Gasteiger partial charge in [0.15, 0.2) is 10.3 Å². The average molecular weight is 325 g/mol. The fraction of sp³-hybridized carbons (Fsp3) is 0. The van der Waals surface area contributed by atoms with Crippen LogP contribution in [0.3, 0.4) is 0 Å². The lowest BCUT2D eigenvalue weighted by Crippen LogP contribution is -1.80. The minimum absolute atomic E-state index is 0.298. The second kappa shape index (κ2) is 5.28.